The summed E-state index contributed by atoms with van der Waals surface area (Å²) in [6.45, 7) is 0.862. The molecule has 0 spiro atoms. The molecule has 16 heavy (non-hydrogen) atoms. The number of halogens is 1. The minimum Gasteiger partial charge on any atom is -0.393 e. The van der Waals surface area contributed by atoms with Crippen LogP contribution in [0.25, 0.3) is 0 Å². The van der Waals surface area contributed by atoms with Crippen LogP contribution in [0.2, 0.25) is 0 Å². The van der Waals surface area contributed by atoms with Gasteiger partial charge >= 0.3 is 0 Å². The summed E-state index contributed by atoms with van der Waals surface area (Å²) in [6.07, 6.45) is 3.75. The number of ether oxygens (including phenoxy) is 1. The van der Waals surface area contributed by atoms with Gasteiger partial charge in [-0.05, 0) is 66.0 Å². The molecule has 2 unspecified atom stereocenters. The third-order valence-electron chi connectivity index (χ3n) is 2.94. The molecule has 0 aliphatic carbocycles. The van der Waals surface area contributed by atoms with E-state index in [4.69, 9.17) is 4.74 Å². The van der Waals surface area contributed by atoms with Gasteiger partial charge in [-0.3, -0.25) is 0 Å². The van der Waals surface area contributed by atoms with Crippen molar-refractivity contribution in [2.45, 2.75) is 37.9 Å². The van der Waals surface area contributed by atoms with E-state index in [-0.39, 0.29) is 12.2 Å². The van der Waals surface area contributed by atoms with E-state index >= 15 is 0 Å². The zero-order valence-corrected chi connectivity index (χ0v) is 11.4. The molecule has 3 heteroatoms. The van der Waals surface area contributed by atoms with Crippen LogP contribution in [-0.2, 0) is 11.2 Å². The number of aliphatic hydroxyl groups excluding tert-OH is 1. The molecule has 0 bridgehead atoms. The van der Waals surface area contributed by atoms with Crippen molar-refractivity contribution in [1.82, 2.24) is 0 Å². The molecule has 1 saturated heterocycles. The molecule has 2 rings (SSSR count). The van der Waals surface area contributed by atoms with E-state index in [1.807, 2.05) is 0 Å². The van der Waals surface area contributed by atoms with Crippen LogP contribution in [0.15, 0.2) is 24.3 Å². The van der Waals surface area contributed by atoms with Gasteiger partial charge in [0, 0.05) is 10.2 Å². The molecule has 1 aromatic carbocycles. The molecule has 0 radical (unpaired) electrons. The van der Waals surface area contributed by atoms with Gasteiger partial charge in [0.15, 0.2) is 0 Å². The first-order chi connectivity index (χ1) is 7.74. The number of aliphatic hydroxyl groups is 1. The second kappa shape index (κ2) is 5.98. The van der Waals surface area contributed by atoms with E-state index in [9.17, 15) is 5.11 Å². The highest BCUT2D eigenvalue weighted by atomic mass is 127. The lowest BCUT2D eigenvalue weighted by molar-refractivity contribution is 0.0541. The first-order valence-corrected chi connectivity index (χ1v) is 6.86. The van der Waals surface area contributed by atoms with Crippen LogP contribution >= 0.6 is 22.6 Å². The first-order valence-electron chi connectivity index (χ1n) is 5.78. The molecule has 0 aromatic heterocycles. The summed E-state index contributed by atoms with van der Waals surface area (Å²) in [7, 11) is 0. The van der Waals surface area contributed by atoms with Crippen LogP contribution in [0.4, 0.5) is 0 Å². The number of rotatable bonds is 4. The molecular weight excluding hydrogens is 315 g/mol. The van der Waals surface area contributed by atoms with Gasteiger partial charge in [0.2, 0.25) is 0 Å². The summed E-state index contributed by atoms with van der Waals surface area (Å²) < 4.78 is 6.75. The van der Waals surface area contributed by atoms with Crippen LogP contribution in [-0.4, -0.2) is 23.9 Å². The molecule has 0 saturated carbocycles. The highest BCUT2D eigenvalue weighted by Crippen LogP contribution is 2.19. The van der Waals surface area contributed by atoms with Crippen molar-refractivity contribution in [1.29, 1.82) is 0 Å². The fourth-order valence-corrected chi connectivity index (χ4v) is 2.47. The zero-order valence-electron chi connectivity index (χ0n) is 9.23. The predicted molar refractivity (Wildman–Crippen MR) is 72.5 cm³/mol. The molecule has 1 N–H and O–H groups in total. The highest BCUT2D eigenvalue weighted by Gasteiger charge is 2.19. The fraction of sp³-hybridized carbons (Fsp3) is 0.538. The Morgan fingerprint density at radius 3 is 2.75 bits per heavy atom. The van der Waals surface area contributed by atoms with E-state index in [2.05, 4.69) is 46.9 Å². The maximum atomic E-state index is 9.95. The Bertz CT molecular complexity index is 317. The van der Waals surface area contributed by atoms with Crippen molar-refractivity contribution in [3.05, 3.63) is 33.4 Å². The normalized spacial score (nSPS) is 22.2. The van der Waals surface area contributed by atoms with Gasteiger partial charge in [0.25, 0.3) is 0 Å². The van der Waals surface area contributed by atoms with E-state index in [0.29, 0.717) is 0 Å². The van der Waals surface area contributed by atoms with Crippen LogP contribution in [0.3, 0.4) is 0 Å². The Kier molecular flexibility index (Phi) is 4.61. The number of benzene rings is 1. The lowest BCUT2D eigenvalue weighted by Crippen LogP contribution is -2.19. The minimum absolute atomic E-state index is 0.275. The third-order valence-corrected chi connectivity index (χ3v) is 3.66. The van der Waals surface area contributed by atoms with Crippen molar-refractivity contribution >= 4 is 22.6 Å². The average Bonchev–Trinajstić information content (AvgIpc) is 2.74. The second-order valence-corrected chi connectivity index (χ2v) is 5.60. The minimum atomic E-state index is -0.275. The summed E-state index contributed by atoms with van der Waals surface area (Å²) in [5.74, 6) is 0. The van der Waals surface area contributed by atoms with Crippen molar-refractivity contribution in [3.8, 4) is 0 Å². The van der Waals surface area contributed by atoms with Crippen LogP contribution in [0.5, 0.6) is 0 Å². The molecule has 1 aliphatic heterocycles. The van der Waals surface area contributed by atoms with E-state index in [1.165, 1.54) is 9.13 Å². The van der Waals surface area contributed by atoms with Gasteiger partial charge in [0.1, 0.15) is 0 Å². The maximum Gasteiger partial charge on any atom is 0.0605 e. The zero-order chi connectivity index (χ0) is 11.4. The summed E-state index contributed by atoms with van der Waals surface area (Å²) in [4.78, 5) is 0. The van der Waals surface area contributed by atoms with E-state index < -0.39 is 0 Å². The van der Waals surface area contributed by atoms with Gasteiger partial charge < -0.3 is 9.84 Å². The summed E-state index contributed by atoms with van der Waals surface area (Å²) in [6, 6.07) is 8.32. The number of hydrogen-bond donors (Lipinski definition) is 1. The van der Waals surface area contributed by atoms with Gasteiger partial charge in [-0.15, -0.1) is 0 Å². The standard InChI is InChI=1S/C13H17IO2/c14-11-5-3-10(4-6-11)8-12(15)9-13-2-1-7-16-13/h3-6,12-13,15H,1-2,7-9H2. The molecular formula is C13H17IO2. The molecule has 88 valence electrons. The lowest BCUT2D eigenvalue weighted by Gasteiger charge is -2.15. The summed E-state index contributed by atoms with van der Waals surface area (Å²) in [5.41, 5.74) is 1.20. The molecule has 1 fully saturated rings. The molecule has 1 aromatic rings. The van der Waals surface area contributed by atoms with Crippen molar-refractivity contribution in [3.63, 3.8) is 0 Å². The Morgan fingerprint density at radius 1 is 1.38 bits per heavy atom. The summed E-state index contributed by atoms with van der Waals surface area (Å²) in [5, 5.41) is 9.95. The van der Waals surface area contributed by atoms with E-state index in [1.54, 1.807) is 0 Å². The van der Waals surface area contributed by atoms with Gasteiger partial charge in [-0.1, -0.05) is 12.1 Å². The monoisotopic (exact) mass is 332 g/mol. The molecule has 0 amide bonds. The summed E-state index contributed by atoms with van der Waals surface area (Å²) >= 11 is 2.29. The third kappa shape index (κ3) is 3.71. The second-order valence-electron chi connectivity index (χ2n) is 4.36. The van der Waals surface area contributed by atoms with Gasteiger partial charge in [-0.25, -0.2) is 0 Å². The van der Waals surface area contributed by atoms with Crippen molar-refractivity contribution < 1.29 is 9.84 Å². The van der Waals surface area contributed by atoms with Gasteiger partial charge in [-0.2, -0.15) is 0 Å². The Hall–Kier alpha value is -0.130. The maximum absolute atomic E-state index is 9.95. The SMILES string of the molecule is OC(Cc1ccc(I)cc1)CC1CCCO1. The van der Waals surface area contributed by atoms with Crippen LogP contribution in [0.1, 0.15) is 24.8 Å². The smallest absolute Gasteiger partial charge is 0.0605 e. The van der Waals surface area contributed by atoms with Crippen LogP contribution in [0, 0.1) is 3.57 Å². The topological polar surface area (TPSA) is 29.5 Å². The molecule has 2 nitrogen and oxygen atoms in total. The quantitative estimate of drug-likeness (QED) is 0.860. The first kappa shape index (κ1) is 12.3. The Balaban J connectivity index is 1.81. The molecule has 1 aliphatic rings. The Morgan fingerprint density at radius 2 is 2.12 bits per heavy atom. The number of hydrogen-bond acceptors (Lipinski definition) is 2. The average molecular weight is 332 g/mol. The van der Waals surface area contributed by atoms with Crippen molar-refractivity contribution in [2.24, 2.45) is 0 Å². The lowest BCUT2D eigenvalue weighted by atomic mass is 10.0. The molecule has 1 heterocycles. The van der Waals surface area contributed by atoms with Crippen molar-refractivity contribution in [2.75, 3.05) is 6.61 Å². The van der Waals surface area contributed by atoms with Crippen LogP contribution < -0.4 is 0 Å². The van der Waals surface area contributed by atoms with E-state index in [0.717, 1.165) is 32.3 Å². The highest BCUT2D eigenvalue weighted by molar-refractivity contribution is 14.1. The Labute approximate surface area is 110 Å². The largest absolute Gasteiger partial charge is 0.393 e. The predicted octanol–water partition coefficient (Wildman–Crippen LogP) is 2.76. The van der Waals surface area contributed by atoms with Gasteiger partial charge in [0.05, 0.1) is 12.2 Å². The molecule has 2 atom stereocenters. The fourth-order valence-electron chi connectivity index (χ4n) is 2.11.